The molecule has 0 N–H and O–H groups in total. The molecule has 2 amide bonds. The average molecular weight is 286 g/mol. The fourth-order valence-electron chi connectivity index (χ4n) is 3.27. The van der Waals surface area contributed by atoms with Gasteiger partial charge in [-0.1, -0.05) is 44.0 Å². The third-order valence-electron chi connectivity index (χ3n) is 4.85. The first kappa shape index (κ1) is 14.4. The summed E-state index contributed by atoms with van der Waals surface area (Å²) in [5.41, 5.74) is 2.69. The summed E-state index contributed by atoms with van der Waals surface area (Å²) in [6, 6.07) is 9.34. The minimum Gasteiger partial charge on any atom is -0.326 e. The lowest BCUT2D eigenvalue weighted by Crippen LogP contribution is -2.33. The van der Waals surface area contributed by atoms with E-state index in [0.717, 1.165) is 25.4 Å². The van der Waals surface area contributed by atoms with Gasteiger partial charge in [-0.25, -0.2) is 4.79 Å². The van der Waals surface area contributed by atoms with Crippen LogP contribution in [0.15, 0.2) is 24.3 Å². The number of benzene rings is 1. The minimum atomic E-state index is 0.172. The highest BCUT2D eigenvalue weighted by molar-refractivity contribution is 5.76. The molecule has 3 heteroatoms. The van der Waals surface area contributed by atoms with Gasteiger partial charge in [0.1, 0.15) is 0 Å². The molecular formula is C18H26N2O. The maximum absolute atomic E-state index is 12.2. The summed E-state index contributed by atoms with van der Waals surface area (Å²) in [7, 11) is 1.90. The van der Waals surface area contributed by atoms with Crippen molar-refractivity contribution in [1.82, 2.24) is 9.80 Å². The Morgan fingerprint density at radius 1 is 1.24 bits per heavy atom. The molecule has 114 valence electrons. The molecule has 1 aliphatic carbocycles. The van der Waals surface area contributed by atoms with Crippen molar-refractivity contribution in [2.24, 2.45) is 5.92 Å². The molecule has 2 fully saturated rings. The molecule has 0 bridgehead atoms. The van der Waals surface area contributed by atoms with Crippen LogP contribution in [0.2, 0.25) is 0 Å². The lowest BCUT2D eigenvalue weighted by atomic mass is 10.0. The number of likely N-dealkylation sites (N-methyl/N-ethyl adjacent to an activating group) is 1. The Labute approximate surface area is 127 Å². The standard InChI is InChI=1S/C18H26N2O/c1-3-17-13-19(2)18(21)20(17)12-16-6-4-5-15(11-16)10-9-14-7-8-14/h4-6,11,14,17H,3,7-10,12-13H2,1-2H3. The first-order chi connectivity index (χ1) is 10.2. The molecule has 3 nitrogen and oxygen atoms in total. The van der Waals surface area contributed by atoms with Crippen LogP contribution >= 0.6 is 0 Å². The molecule has 1 saturated heterocycles. The number of hydrogen-bond donors (Lipinski definition) is 0. The molecule has 21 heavy (non-hydrogen) atoms. The quantitative estimate of drug-likeness (QED) is 0.782. The van der Waals surface area contributed by atoms with Crippen molar-refractivity contribution in [2.75, 3.05) is 13.6 Å². The second kappa shape index (κ2) is 6.08. The molecule has 2 aliphatic rings. The summed E-state index contributed by atoms with van der Waals surface area (Å²) in [6.45, 7) is 3.77. The van der Waals surface area contributed by atoms with Gasteiger partial charge in [-0.2, -0.15) is 0 Å². The second-order valence-electron chi connectivity index (χ2n) is 6.66. The maximum atomic E-state index is 12.2. The monoisotopic (exact) mass is 286 g/mol. The molecule has 0 aromatic heterocycles. The van der Waals surface area contributed by atoms with Gasteiger partial charge in [-0.05, 0) is 36.3 Å². The van der Waals surface area contributed by atoms with Crippen LogP contribution in [-0.4, -0.2) is 35.5 Å². The fraction of sp³-hybridized carbons (Fsp3) is 0.611. The lowest BCUT2D eigenvalue weighted by Gasteiger charge is -2.22. The van der Waals surface area contributed by atoms with Gasteiger partial charge in [0.15, 0.2) is 0 Å². The highest BCUT2D eigenvalue weighted by Crippen LogP contribution is 2.33. The van der Waals surface area contributed by atoms with Crippen LogP contribution in [0.4, 0.5) is 4.79 Å². The summed E-state index contributed by atoms with van der Waals surface area (Å²) in [5, 5.41) is 0. The molecule has 1 aromatic rings. The van der Waals surface area contributed by atoms with Gasteiger partial charge in [-0.15, -0.1) is 0 Å². The Morgan fingerprint density at radius 3 is 2.71 bits per heavy atom. The van der Waals surface area contributed by atoms with Crippen molar-refractivity contribution >= 4 is 6.03 Å². The lowest BCUT2D eigenvalue weighted by molar-refractivity contribution is 0.187. The highest BCUT2D eigenvalue weighted by atomic mass is 16.2. The number of urea groups is 1. The van der Waals surface area contributed by atoms with Crippen LogP contribution < -0.4 is 0 Å². The van der Waals surface area contributed by atoms with E-state index < -0.39 is 0 Å². The number of hydrogen-bond acceptors (Lipinski definition) is 1. The van der Waals surface area contributed by atoms with Crippen LogP contribution in [0.25, 0.3) is 0 Å². The summed E-state index contributed by atoms with van der Waals surface area (Å²) < 4.78 is 0. The van der Waals surface area contributed by atoms with Crippen LogP contribution in [0.5, 0.6) is 0 Å². The van der Waals surface area contributed by atoms with E-state index >= 15 is 0 Å². The fourth-order valence-corrected chi connectivity index (χ4v) is 3.27. The zero-order chi connectivity index (χ0) is 14.8. The Balaban J connectivity index is 1.65. The van der Waals surface area contributed by atoms with E-state index in [1.54, 1.807) is 0 Å². The third-order valence-corrected chi connectivity index (χ3v) is 4.85. The number of rotatable bonds is 6. The molecule has 0 spiro atoms. The Bertz CT molecular complexity index is 510. The van der Waals surface area contributed by atoms with Gasteiger partial charge >= 0.3 is 6.03 Å². The summed E-state index contributed by atoms with van der Waals surface area (Å²) >= 11 is 0. The highest BCUT2D eigenvalue weighted by Gasteiger charge is 2.33. The van der Waals surface area contributed by atoms with E-state index in [-0.39, 0.29) is 6.03 Å². The number of carbonyl (C=O) groups excluding carboxylic acids is 1. The minimum absolute atomic E-state index is 0.172. The van der Waals surface area contributed by atoms with E-state index in [1.807, 2.05) is 16.8 Å². The topological polar surface area (TPSA) is 23.6 Å². The van der Waals surface area contributed by atoms with Gasteiger partial charge < -0.3 is 9.80 Å². The molecule has 1 saturated carbocycles. The third kappa shape index (κ3) is 3.39. The zero-order valence-electron chi connectivity index (χ0n) is 13.2. The normalized spacial score (nSPS) is 22.2. The molecule has 0 radical (unpaired) electrons. The van der Waals surface area contributed by atoms with E-state index in [4.69, 9.17) is 0 Å². The first-order valence-electron chi connectivity index (χ1n) is 8.27. The van der Waals surface area contributed by atoms with E-state index in [2.05, 4.69) is 31.2 Å². The van der Waals surface area contributed by atoms with Crippen LogP contribution in [0, 0.1) is 5.92 Å². The van der Waals surface area contributed by atoms with Gasteiger partial charge in [0.05, 0.1) is 6.04 Å². The number of nitrogens with zero attached hydrogens (tertiary/aromatic N) is 2. The number of amides is 2. The van der Waals surface area contributed by atoms with Crippen LogP contribution in [0.3, 0.4) is 0 Å². The Kier molecular flexibility index (Phi) is 4.18. The molecule has 1 unspecified atom stereocenters. The van der Waals surface area contributed by atoms with Crippen molar-refractivity contribution in [2.45, 2.75) is 51.6 Å². The Morgan fingerprint density at radius 2 is 2.00 bits per heavy atom. The van der Waals surface area contributed by atoms with Crippen molar-refractivity contribution < 1.29 is 4.79 Å². The van der Waals surface area contributed by atoms with Crippen LogP contribution in [-0.2, 0) is 13.0 Å². The van der Waals surface area contributed by atoms with Gasteiger partial charge in [0.25, 0.3) is 0 Å². The molecule has 1 aliphatic heterocycles. The van der Waals surface area contributed by atoms with Gasteiger partial charge in [0, 0.05) is 20.1 Å². The largest absolute Gasteiger partial charge is 0.326 e. The van der Waals surface area contributed by atoms with Gasteiger partial charge in [0.2, 0.25) is 0 Å². The zero-order valence-corrected chi connectivity index (χ0v) is 13.2. The predicted molar refractivity (Wildman–Crippen MR) is 85.1 cm³/mol. The molecule has 1 atom stereocenters. The molecular weight excluding hydrogens is 260 g/mol. The second-order valence-corrected chi connectivity index (χ2v) is 6.66. The Hall–Kier alpha value is -1.51. The maximum Gasteiger partial charge on any atom is 0.320 e. The van der Waals surface area contributed by atoms with E-state index in [9.17, 15) is 4.79 Å². The summed E-state index contributed by atoms with van der Waals surface area (Å²) in [6.07, 6.45) is 6.38. The van der Waals surface area contributed by atoms with Crippen LogP contribution in [0.1, 0.15) is 43.7 Å². The first-order valence-corrected chi connectivity index (χ1v) is 8.27. The summed E-state index contributed by atoms with van der Waals surface area (Å²) in [5.74, 6) is 0.979. The van der Waals surface area contributed by atoms with Gasteiger partial charge in [-0.3, -0.25) is 0 Å². The van der Waals surface area contributed by atoms with E-state index in [0.29, 0.717) is 6.04 Å². The molecule has 1 aromatic carbocycles. The smallest absolute Gasteiger partial charge is 0.320 e. The van der Waals surface area contributed by atoms with E-state index in [1.165, 1.54) is 36.8 Å². The van der Waals surface area contributed by atoms with Crippen molar-refractivity contribution in [1.29, 1.82) is 0 Å². The summed E-state index contributed by atoms with van der Waals surface area (Å²) in [4.78, 5) is 16.1. The average Bonchev–Trinajstić information content (AvgIpc) is 3.28. The van der Waals surface area contributed by atoms with Crippen molar-refractivity contribution in [3.8, 4) is 0 Å². The van der Waals surface area contributed by atoms with Crippen molar-refractivity contribution in [3.05, 3.63) is 35.4 Å². The predicted octanol–water partition coefficient (Wildman–Crippen LogP) is 3.68. The van der Waals surface area contributed by atoms with Crippen molar-refractivity contribution in [3.63, 3.8) is 0 Å². The molecule has 3 rings (SSSR count). The number of aryl methyl sites for hydroxylation is 1. The SMILES string of the molecule is CCC1CN(C)C(=O)N1Cc1cccc(CCC2CC2)c1. The molecule has 1 heterocycles. The number of carbonyl (C=O) groups is 1.